The molecule has 3 heteroatoms. The summed E-state index contributed by atoms with van der Waals surface area (Å²) in [6.07, 6.45) is 0. The van der Waals surface area contributed by atoms with E-state index in [9.17, 15) is 4.79 Å². The Kier molecular flexibility index (Phi) is 0.525. The monoisotopic (exact) mass is 151 g/mol. The summed E-state index contributed by atoms with van der Waals surface area (Å²) in [5.41, 5.74) is 0. The van der Waals surface area contributed by atoms with Crippen LogP contribution in [0.1, 0.15) is 0 Å². The molecule has 0 spiro atoms. The molecule has 4 fully saturated rings. The fourth-order valence-electron chi connectivity index (χ4n) is 4.09. The summed E-state index contributed by atoms with van der Waals surface area (Å²) in [4.78, 5) is 10.7. The van der Waals surface area contributed by atoms with Crippen LogP contribution < -0.4 is 5.32 Å². The molecule has 0 aromatic carbocycles. The van der Waals surface area contributed by atoms with E-state index in [1.165, 1.54) is 0 Å². The van der Waals surface area contributed by atoms with Crippen molar-refractivity contribution in [1.29, 1.82) is 0 Å². The molecule has 1 aliphatic heterocycles. The van der Waals surface area contributed by atoms with E-state index >= 15 is 0 Å². The normalized spacial score (nSPS) is 72.9. The van der Waals surface area contributed by atoms with Crippen molar-refractivity contribution in [2.45, 2.75) is 12.1 Å². The van der Waals surface area contributed by atoms with Crippen molar-refractivity contribution in [3.05, 3.63) is 0 Å². The summed E-state index contributed by atoms with van der Waals surface area (Å²) in [5.74, 6) is 2.25. The highest BCUT2D eigenvalue weighted by Crippen LogP contribution is 2.77. The van der Waals surface area contributed by atoms with Crippen LogP contribution in [0.4, 0.5) is 0 Å². The van der Waals surface area contributed by atoms with Gasteiger partial charge in [-0.05, 0) is 23.7 Å². The fourth-order valence-corrected chi connectivity index (χ4v) is 4.09. The lowest BCUT2D eigenvalue weighted by Crippen LogP contribution is -2.97. The number of carboxylic acid groups (broad SMARTS) is 1. The summed E-state index contributed by atoms with van der Waals surface area (Å²) in [7, 11) is 0. The minimum Gasteiger partial charge on any atom is -0.481 e. The Balaban J connectivity index is 1.75. The van der Waals surface area contributed by atoms with E-state index in [0.717, 1.165) is 11.8 Å². The van der Waals surface area contributed by atoms with Gasteiger partial charge in [0.1, 0.15) is 0 Å². The van der Waals surface area contributed by atoms with Gasteiger partial charge in [0.2, 0.25) is 0 Å². The highest BCUT2D eigenvalue weighted by Gasteiger charge is 2.84. The Morgan fingerprint density at radius 2 is 1.73 bits per heavy atom. The Labute approximate surface area is 63.8 Å². The molecule has 4 aliphatic rings. The van der Waals surface area contributed by atoms with E-state index in [4.69, 9.17) is 5.11 Å². The number of carboxylic acids is 1. The molecule has 1 heterocycles. The van der Waals surface area contributed by atoms with Crippen molar-refractivity contribution in [3.63, 3.8) is 0 Å². The summed E-state index contributed by atoms with van der Waals surface area (Å²) in [6.45, 7) is 0. The van der Waals surface area contributed by atoms with E-state index in [1.807, 2.05) is 0 Å². The van der Waals surface area contributed by atoms with Crippen molar-refractivity contribution in [3.8, 4) is 0 Å². The van der Waals surface area contributed by atoms with E-state index in [1.54, 1.807) is 0 Å². The van der Waals surface area contributed by atoms with Crippen molar-refractivity contribution in [1.82, 2.24) is 5.32 Å². The number of rotatable bonds is 1. The van der Waals surface area contributed by atoms with Gasteiger partial charge in [-0.15, -0.1) is 0 Å². The SMILES string of the molecule is O=C(O)C1[C@H]2C3NC4C3C2[C@@H]41. The zero-order valence-electron chi connectivity index (χ0n) is 5.90. The Morgan fingerprint density at radius 3 is 2.00 bits per heavy atom. The number of hydrogen-bond donors (Lipinski definition) is 2. The average Bonchev–Trinajstić information content (AvgIpc) is 1.98. The minimum absolute atomic E-state index is 0.0289. The average molecular weight is 151 g/mol. The largest absolute Gasteiger partial charge is 0.481 e. The van der Waals surface area contributed by atoms with Gasteiger partial charge in [-0.1, -0.05) is 0 Å². The van der Waals surface area contributed by atoms with Crippen molar-refractivity contribution >= 4 is 5.97 Å². The van der Waals surface area contributed by atoms with Gasteiger partial charge in [0, 0.05) is 12.1 Å². The van der Waals surface area contributed by atoms with Crippen LogP contribution in [0.15, 0.2) is 0 Å². The maximum atomic E-state index is 10.7. The molecule has 4 rings (SSSR count). The van der Waals surface area contributed by atoms with Crippen LogP contribution in [0.25, 0.3) is 0 Å². The standard InChI is InChI=1S/C8H9NO2/c10-8(11)4-2-1-3(4)7-5(1)6(2)9-7/h1-7,9H,(H,10,11)/t1?,2-,3+,4?,5?,6?,7?. The highest BCUT2D eigenvalue weighted by molar-refractivity contribution is 5.75. The van der Waals surface area contributed by atoms with Crippen LogP contribution in [0, 0.1) is 29.6 Å². The van der Waals surface area contributed by atoms with Crippen LogP contribution in [-0.2, 0) is 4.79 Å². The molecule has 7 atom stereocenters. The first kappa shape index (κ1) is 5.14. The Hall–Kier alpha value is -0.570. The molecule has 0 aromatic heterocycles. The Bertz CT molecular complexity index is 249. The third kappa shape index (κ3) is 0.276. The lowest BCUT2D eigenvalue weighted by Gasteiger charge is -2.86. The molecule has 1 saturated heterocycles. The molecule has 3 aliphatic carbocycles. The van der Waals surface area contributed by atoms with Crippen LogP contribution in [-0.4, -0.2) is 23.2 Å². The van der Waals surface area contributed by atoms with Gasteiger partial charge in [-0.25, -0.2) is 0 Å². The molecule has 58 valence electrons. The third-order valence-corrected chi connectivity index (χ3v) is 4.49. The smallest absolute Gasteiger partial charge is 0.307 e. The zero-order chi connectivity index (χ0) is 7.33. The zero-order valence-corrected chi connectivity index (χ0v) is 5.90. The molecule has 11 heavy (non-hydrogen) atoms. The van der Waals surface area contributed by atoms with E-state index < -0.39 is 5.97 Å². The van der Waals surface area contributed by atoms with Gasteiger partial charge < -0.3 is 10.4 Å². The van der Waals surface area contributed by atoms with Crippen LogP contribution in [0.2, 0.25) is 0 Å². The predicted octanol–water partition coefficient (Wildman–Crippen LogP) is -0.467. The van der Waals surface area contributed by atoms with Crippen molar-refractivity contribution in [2.24, 2.45) is 29.6 Å². The first-order valence-corrected chi connectivity index (χ1v) is 4.29. The quantitative estimate of drug-likeness (QED) is 0.533. The van der Waals surface area contributed by atoms with Gasteiger partial charge in [-0.3, -0.25) is 4.79 Å². The molecule has 2 N–H and O–H groups in total. The number of piperidine rings is 4. The van der Waals surface area contributed by atoms with Gasteiger partial charge in [-0.2, -0.15) is 0 Å². The molecule has 3 nitrogen and oxygen atoms in total. The molecule has 0 radical (unpaired) electrons. The van der Waals surface area contributed by atoms with Gasteiger partial charge >= 0.3 is 5.97 Å². The molecular weight excluding hydrogens is 142 g/mol. The van der Waals surface area contributed by atoms with Crippen LogP contribution in [0.5, 0.6) is 0 Å². The van der Waals surface area contributed by atoms with Crippen LogP contribution >= 0.6 is 0 Å². The second kappa shape index (κ2) is 1.12. The second-order valence-corrected chi connectivity index (χ2v) is 4.39. The number of fused-ring (bicyclic) bond motifs is 2. The van der Waals surface area contributed by atoms with Crippen LogP contribution in [0.3, 0.4) is 0 Å². The van der Waals surface area contributed by atoms with Crippen molar-refractivity contribution in [2.75, 3.05) is 0 Å². The lowest BCUT2D eigenvalue weighted by molar-refractivity contribution is -0.350. The van der Waals surface area contributed by atoms with E-state index in [-0.39, 0.29) is 5.92 Å². The summed E-state index contributed by atoms with van der Waals surface area (Å²) in [5, 5.41) is 12.3. The van der Waals surface area contributed by atoms with Crippen molar-refractivity contribution < 1.29 is 9.90 Å². The molecule has 5 unspecified atom stereocenters. The number of nitrogens with one attached hydrogen (secondary N) is 1. The summed E-state index contributed by atoms with van der Waals surface area (Å²) in [6, 6.07) is 1.21. The maximum Gasteiger partial charge on any atom is 0.307 e. The number of aliphatic carboxylic acids is 1. The van der Waals surface area contributed by atoms with Gasteiger partial charge in [0.25, 0.3) is 0 Å². The fraction of sp³-hybridized carbons (Fsp3) is 0.875. The second-order valence-electron chi connectivity index (χ2n) is 4.39. The minimum atomic E-state index is -0.550. The van der Waals surface area contributed by atoms with E-state index in [0.29, 0.717) is 23.9 Å². The van der Waals surface area contributed by atoms with Gasteiger partial charge in [0.15, 0.2) is 0 Å². The van der Waals surface area contributed by atoms with E-state index in [2.05, 4.69) is 5.32 Å². The summed E-state index contributed by atoms with van der Waals surface area (Å²) >= 11 is 0. The Morgan fingerprint density at radius 1 is 1.09 bits per heavy atom. The first-order valence-electron chi connectivity index (χ1n) is 4.29. The van der Waals surface area contributed by atoms with Gasteiger partial charge in [0.05, 0.1) is 5.92 Å². The first-order chi connectivity index (χ1) is 5.30. The highest BCUT2D eigenvalue weighted by atomic mass is 16.4. The third-order valence-electron chi connectivity index (χ3n) is 4.49. The summed E-state index contributed by atoms with van der Waals surface area (Å²) < 4.78 is 0. The predicted molar refractivity (Wildman–Crippen MR) is 35.8 cm³/mol. The lowest BCUT2D eigenvalue weighted by atomic mass is 9.24. The molecular formula is C8H9NO2. The molecule has 0 aromatic rings. The number of hydrogen-bond acceptors (Lipinski definition) is 2. The molecule has 0 bridgehead atoms. The maximum absolute atomic E-state index is 10.7. The topological polar surface area (TPSA) is 49.3 Å². The molecule has 3 saturated carbocycles. The number of carbonyl (C=O) groups is 1. The molecule has 0 amide bonds.